The number of ketones is 1. The molecule has 1 atom stereocenters. The van der Waals surface area contributed by atoms with Crippen molar-refractivity contribution in [1.82, 2.24) is 19.9 Å². The third kappa shape index (κ3) is 5.34. The molecule has 0 bridgehead atoms. The van der Waals surface area contributed by atoms with Gasteiger partial charge in [0.1, 0.15) is 29.3 Å². The van der Waals surface area contributed by atoms with Crippen molar-refractivity contribution in [3.05, 3.63) is 89.4 Å². The van der Waals surface area contributed by atoms with E-state index < -0.39 is 0 Å². The topological polar surface area (TPSA) is 100 Å². The van der Waals surface area contributed by atoms with E-state index in [2.05, 4.69) is 20.3 Å². The number of piperidine rings is 1. The lowest BCUT2D eigenvalue weighted by molar-refractivity contribution is -0.127. The van der Waals surface area contributed by atoms with E-state index in [0.717, 1.165) is 19.4 Å². The first-order chi connectivity index (χ1) is 18.0. The van der Waals surface area contributed by atoms with E-state index >= 15 is 0 Å². The number of likely N-dealkylation sites (tertiary alicyclic amines) is 1. The van der Waals surface area contributed by atoms with Crippen LogP contribution in [0.1, 0.15) is 35.7 Å². The van der Waals surface area contributed by atoms with Crippen LogP contribution in [0.5, 0.6) is 11.5 Å². The molecule has 1 unspecified atom stereocenters. The highest BCUT2D eigenvalue weighted by molar-refractivity contribution is 6.35. The normalized spacial score (nSPS) is 15.7. The van der Waals surface area contributed by atoms with E-state index in [1.807, 2.05) is 42.2 Å². The zero-order chi connectivity index (χ0) is 25.8. The van der Waals surface area contributed by atoms with Gasteiger partial charge in [0.15, 0.2) is 5.78 Å². The lowest BCUT2D eigenvalue weighted by Crippen LogP contribution is -2.44. The summed E-state index contributed by atoms with van der Waals surface area (Å²) in [4.78, 5) is 39.5. The number of fused-ring (bicyclic) bond motifs is 1. The van der Waals surface area contributed by atoms with Gasteiger partial charge >= 0.3 is 0 Å². The van der Waals surface area contributed by atoms with E-state index in [1.54, 1.807) is 36.5 Å². The molecule has 1 amide bonds. The number of hydrogen-bond acceptors (Lipinski definition) is 6. The molecular weight excluding hydrogens is 490 g/mol. The first-order valence-electron chi connectivity index (χ1n) is 12.1. The minimum atomic E-state index is -0.256. The Morgan fingerprint density at radius 1 is 1.14 bits per heavy atom. The van der Waals surface area contributed by atoms with Crippen molar-refractivity contribution in [2.24, 2.45) is 0 Å². The predicted octanol–water partition coefficient (Wildman–Crippen LogP) is 5.61. The maximum absolute atomic E-state index is 13.6. The van der Waals surface area contributed by atoms with Crippen LogP contribution >= 0.6 is 11.6 Å². The number of hydrogen-bond donors (Lipinski definition) is 2. The quantitative estimate of drug-likeness (QED) is 0.245. The Kier molecular flexibility index (Phi) is 7.18. The van der Waals surface area contributed by atoms with Gasteiger partial charge in [0.05, 0.1) is 16.0 Å². The van der Waals surface area contributed by atoms with Gasteiger partial charge in [-0.15, -0.1) is 0 Å². The molecule has 3 heterocycles. The molecule has 37 heavy (non-hydrogen) atoms. The number of H-pyrrole nitrogens is 1. The number of carbonyl (C=O) groups excluding carboxylic acids is 2. The number of para-hydroxylation sites is 1. The summed E-state index contributed by atoms with van der Waals surface area (Å²) < 4.78 is 5.84. The van der Waals surface area contributed by atoms with Crippen LogP contribution in [0.15, 0.2) is 73.2 Å². The second-order valence-electron chi connectivity index (χ2n) is 8.80. The molecule has 1 aliphatic heterocycles. The van der Waals surface area contributed by atoms with Gasteiger partial charge < -0.3 is 19.9 Å². The van der Waals surface area contributed by atoms with Crippen molar-refractivity contribution >= 4 is 40.1 Å². The molecule has 1 fully saturated rings. The standard InChI is InChI=1S/C28H26ClN5O3/c1-2-7-24(35)34-13-6-8-18(16-34)33-28-25-22(15-30-27(25)31-17-32-28)26(36)21-12-11-20(14-23(21)29)37-19-9-4-3-5-10-19/h2-5,7,9-12,14-15,17-18H,6,8,13,16H2,1H3,(H2,30,31,32,33)/b7-2+. The van der Waals surface area contributed by atoms with Gasteiger partial charge in [-0.1, -0.05) is 35.9 Å². The number of allylic oxidation sites excluding steroid dienone is 1. The number of benzene rings is 2. The van der Waals surface area contributed by atoms with Crippen LogP contribution in [0.3, 0.4) is 0 Å². The molecule has 1 saturated heterocycles. The number of nitrogens with zero attached hydrogens (tertiary/aromatic N) is 3. The number of nitrogens with one attached hydrogen (secondary N) is 2. The Balaban J connectivity index is 1.40. The molecule has 5 rings (SSSR count). The maximum Gasteiger partial charge on any atom is 0.246 e. The highest BCUT2D eigenvalue weighted by Crippen LogP contribution is 2.31. The van der Waals surface area contributed by atoms with E-state index in [-0.39, 0.29) is 22.8 Å². The molecule has 0 saturated carbocycles. The highest BCUT2D eigenvalue weighted by Gasteiger charge is 2.25. The van der Waals surface area contributed by atoms with Crippen LogP contribution in [-0.2, 0) is 4.79 Å². The third-order valence-corrected chi connectivity index (χ3v) is 6.57. The zero-order valence-electron chi connectivity index (χ0n) is 20.3. The summed E-state index contributed by atoms with van der Waals surface area (Å²) in [5.41, 5.74) is 1.30. The Morgan fingerprint density at radius 2 is 1.97 bits per heavy atom. The summed E-state index contributed by atoms with van der Waals surface area (Å²) >= 11 is 6.52. The summed E-state index contributed by atoms with van der Waals surface area (Å²) in [6, 6.07) is 14.4. The smallest absolute Gasteiger partial charge is 0.246 e. The number of carbonyl (C=O) groups is 2. The lowest BCUT2D eigenvalue weighted by Gasteiger charge is -2.33. The molecule has 2 aromatic carbocycles. The van der Waals surface area contributed by atoms with E-state index in [0.29, 0.717) is 46.0 Å². The van der Waals surface area contributed by atoms with E-state index in [9.17, 15) is 9.59 Å². The molecule has 0 aliphatic carbocycles. The van der Waals surface area contributed by atoms with Gasteiger partial charge in [0, 0.05) is 37.0 Å². The molecule has 9 heteroatoms. The molecule has 0 radical (unpaired) electrons. The molecule has 2 N–H and O–H groups in total. The molecular formula is C28H26ClN5O3. The molecule has 188 valence electrons. The number of aromatic amines is 1. The van der Waals surface area contributed by atoms with E-state index in [4.69, 9.17) is 16.3 Å². The average molecular weight is 516 g/mol. The van der Waals surface area contributed by atoms with Gasteiger partial charge in [0.25, 0.3) is 0 Å². The van der Waals surface area contributed by atoms with Crippen molar-refractivity contribution in [2.45, 2.75) is 25.8 Å². The minimum Gasteiger partial charge on any atom is -0.457 e. The SMILES string of the molecule is C/C=C/C(=O)N1CCCC(Nc2ncnc3[nH]cc(C(=O)c4ccc(Oc5ccccc5)cc4Cl)c23)C1. The van der Waals surface area contributed by atoms with Crippen molar-refractivity contribution in [3.63, 3.8) is 0 Å². The molecule has 4 aromatic rings. The minimum absolute atomic E-state index is 0.00286. The second-order valence-corrected chi connectivity index (χ2v) is 9.21. The maximum atomic E-state index is 13.6. The Hall–Kier alpha value is -4.17. The largest absolute Gasteiger partial charge is 0.457 e. The van der Waals surface area contributed by atoms with Crippen LogP contribution in [0.2, 0.25) is 5.02 Å². The number of rotatable bonds is 7. The lowest BCUT2D eigenvalue weighted by atomic mass is 10.0. The highest BCUT2D eigenvalue weighted by atomic mass is 35.5. The first kappa shape index (κ1) is 24.5. The number of anilines is 1. The van der Waals surface area contributed by atoms with Crippen molar-refractivity contribution in [1.29, 1.82) is 0 Å². The average Bonchev–Trinajstić information content (AvgIpc) is 3.35. The summed E-state index contributed by atoms with van der Waals surface area (Å²) in [6.07, 6.45) is 8.16. The zero-order valence-corrected chi connectivity index (χ0v) is 21.0. The molecule has 2 aromatic heterocycles. The monoisotopic (exact) mass is 515 g/mol. The van der Waals surface area contributed by atoms with Crippen molar-refractivity contribution < 1.29 is 14.3 Å². The van der Waals surface area contributed by atoms with Gasteiger partial charge in [-0.3, -0.25) is 9.59 Å². The second kappa shape index (κ2) is 10.8. The van der Waals surface area contributed by atoms with Crippen LogP contribution in [0.25, 0.3) is 11.0 Å². The summed E-state index contributed by atoms with van der Waals surface area (Å²) in [6.45, 7) is 3.10. The fraction of sp³-hybridized carbons (Fsp3) is 0.214. The predicted molar refractivity (Wildman–Crippen MR) is 143 cm³/mol. The van der Waals surface area contributed by atoms with Gasteiger partial charge in [0.2, 0.25) is 5.91 Å². The number of ether oxygens (including phenoxy) is 1. The summed E-state index contributed by atoms with van der Waals surface area (Å²) in [7, 11) is 0. The third-order valence-electron chi connectivity index (χ3n) is 6.26. The molecule has 1 aliphatic rings. The van der Waals surface area contributed by atoms with Crippen molar-refractivity contribution in [3.8, 4) is 11.5 Å². The van der Waals surface area contributed by atoms with Gasteiger partial charge in [-0.05, 0) is 50.1 Å². The first-order valence-corrected chi connectivity index (χ1v) is 12.5. The van der Waals surface area contributed by atoms with Crippen LogP contribution in [0.4, 0.5) is 5.82 Å². The van der Waals surface area contributed by atoms with Crippen LogP contribution in [-0.4, -0.2) is 50.7 Å². The fourth-order valence-corrected chi connectivity index (χ4v) is 4.76. The van der Waals surface area contributed by atoms with Crippen molar-refractivity contribution in [2.75, 3.05) is 18.4 Å². The Labute approximate surface area is 219 Å². The number of aromatic nitrogens is 3. The van der Waals surface area contributed by atoms with E-state index in [1.165, 1.54) is 6.33 Å². The number of amides is 1. The van der Waals surface area contributed by atoms with Crippen LogP contribution < -0.4 is 10.1 Å². The van der Waals surface area contributed by atoms with Crippen LogP contribution in [0, 0.1) is 0 Å². The van der Waals surface area contributed by atoms with Gasteiger partial charge in [-0.2, -0.15) is 0 Å². The number of halogens is 1. The summed E-state index contributed by atoms with van der Waals surface area (Å²) in [5, 5.41) is 4.31. The Morgan fingerprint density at radius 3 is 2.76 bits per heavy atom. The fourth-order valence-electron chi connectivity index (χ4n) is 4.50. The summed E-state index contributed by atoms with van der Waals surface area (Å²) in [5.74, 6) is 1.49. The molecule has 8 nitrogen and oxygen atoms in total. The van der Waals surface area contributed by atoms with Gasteiger partial charge in [-0.25, -0.2) is 9.97 Å². The molecule has 0 spiro atoms. The Bertz CT molecular complexity index is 1470.